The molecule has 0 aromatic heterocycles. The number of benzene rings is 2. The molecular weight excluding hydrogens is 447 g/mol. The molecule has 0 saturated heterocycles. The second-order valence-electron chi connectivity index (χ2n) is 7.48. The zero-order chi connectivity index (χ0) is 19.6. The number of rotatable bonds is 5. The number of allylic oxidation sites excluding steroid dienone is 1. The van der Waals surface area contributed by atoms with E-state index in [9.17, 15) is 0 Å². The number of methoxy groups -OCH3 is 1. The molecule has 1 aliphatic rings. The number of anilines is 1. The van der Waals surface area contributed by atoms with Crippen molar-refractivity contribution in [1.82, 2.24) is 0 Å². The molecule has 2 aromatic rings. The second kappa shape index (κ2) is 8.05. The van der Waals surface area contributed by atoms with E-state index in [1.807, 2.05) is 18.3 Å². The molecule has 0 saturated carbocycles. The van der Waals surface area contributed by atoms with Crippen LogP contribution in [0.4, 0.5) is 11.4 Å². The highest BCUT2D eigenvalue weighted by molar-refractivity contribution is 14.1. The highest BCUT2D eigenvalue weighted by atomic mass is 127. The van der Waals surface area contributed by atoms with E-state index in [2.05, 4.69) is 90.5 Å². The minimum Gasteiger partial charge on any atom is -0.496 e. The summed E-state index contributed by atoms with van der Waals surface area (Å²) in [7, 11) is 1.73. The molecule has 0 amide bonds. The lowest BCUT2D eigenvalue weighted by Gasteiger charge is -2.43. The van der Waals surface area contributed by atoms with E-state index in [1.165, 1.54) is 20.4 Å². The summed E-state index contributed by atoms with van der Waals surface area (Å²) >= 11 is 2.31. The summed E-state index contributed by atoms with van der Waals surface area (Å²) in [6, 6.07) is 12.5. The normalized spacial score (nSPS) is 15.6. The van der Waals surface area contributed by atoms with Gasteiger partial charge in [-0.05, 0) is 79.6 Å². The van der Waals surface area contributed by atoms with E-state index in [-0.39, 0.29) is 5.54 Å². The Hall–Kier alpha value is -1.82. The van der Waals surface area contributed by atoms with Crippen molar-refractivity contribution in [1.29, 1.82) is 0 Å². The van der Waals surface area contributed by atoms with Gasteiger partial charge in [-0.3, -0.25) is 4.99 Å². The molecule has 0 unspecified atom stereocenters. The molecule has 1 heterocycles. The van der Waals surface area contributed by atoms with Gasteiger partial charge in [0.25, 0.3) is 0 Å². The van der Waals surface area contributed by atoms with Gasteiger partial charge in [-0.25, -0.2) is 0 Å². The van der Waals surface area contributed by atoms with E-state index in [1.54, 1.807) is 7.11 Å². The molecule has 27 heavy (non-hydrogen) atoms. The Balaban J connectivity index is 2.07. The molecule has 0 bridgehead atoms. The predicted octanol–water partition coefficient (Wildman–Crippen LogP) is 6.46. The Morgan fingerprint density at radius 2 is 2.00 bits per heavy atom. The number of ether oxygens (including phenoxy) is 1. The van der Waals surface area contributed by atoms with Crippen LogP contribution in [0.15, 0.2) is 47.5 Å². The molecule has 0 aliphatic carbocycles. The maximum absolute atomic E-state index is 5.71. The molecule has 142 valence electrons. The Morgan fingerprint density at radius 3 is 2.67 bits per heavy atom. The monoisotopic (exact) mass is 474 g/mol. The summed E-state index contributed by atoms with van der Waals surface area (Å²) in [6.07, 6.45) is 5.37. The highest BCUT2D eigenvalue weighted by Gasteiger charge is 2.31. The van der Waals surface area contributed by atoms with Crippen LogP contribution in [0.3, 0.4) is 0 Å². The van der Waals surface area contributed by atoms with Gasteiger partial charge in [0, 0.05) is 39.2 Å². The third kappa shape index (κ3) is 4.21. The number of hydrogen-bond donors (Lipinski definition) is 0. The molecular formula is C23H27IN2O. The van der Waals surface area contributed by atoms with E-state index in [0.717, 1.165) is 30.0 Å². The van der Waals surface area contributed by atoms with Crippen molar-refractivity contribution >= 4 is 45.8 Å². The molecule has 0 N–H and O–H groups in total. The SMILES string of the molecule is CCCN1c2cc(OC)c(C=Nc3cccc(I)c3)cc2C(C)=CC1(C)C. The number of fused-ring (bicyclic) bond motifs is 1. The van der Waals surface area contributed by atoms with Crippen molar-refractivity contribution in [2.75, 3.05) is 18.6 Å². The van der Waals surface area contributed by atoms with Crippen molar-refractivity contribution < 1.29 is 4.74 Å². The number of aliphatic imine (C=N–C) groups is 1. The van der Waals surface area contributed by atoms with Crippen LogP contribution in [0.25, 0.3) is 5.57 Å². The summed E-state index contributed by atoms with van der Waals surface area (Å²) in [5.41, 5.74) is 5.74. The van der Waals surface area contributed by atoms with Crippen LogP contribution in [-0.2, 0) is 0 Å². The Bertz CT molecular complexity index is 899. The van der Waals surface area contributed by atoms with Gasteiger partial charge in [0.05, 0.1) is 18.3 Å². The van der Waals surface area contributed by atoms with E-state index < -0.39 is 0 Å². The van der Waals surface area contributed by atoms with Crippen LogP contribution >= 0.6 is 22.6 Å². The Labute approximate surface area is 176 Å². The third-order valence-electron chi connectivity index (χ3n) is 4.94. The first-order chi connectivity index (χ1) is 12.9. The molecule has 0 radical (unpaired) electrons. The number of hydrogen-bond acceptors (Lipinski definition) is 3. The van der Waals surface area contributed by atoms with Crippen LogP contribution in [0, 0.1) is 3.57 Å². The molecule has 4 heteroatoms. The quantitative estimate of drug-likeness (QED) is 0.367. The van der Waals surface area contributed by atoms with E-state index >= 15 is 0 Å². The summed E-state index contributed by atoms with van der Waals surface area (Å²) in [6.45, 7) is 9.97. The van der Waals surface area contributed by atoms with Gasteiger partial charge in [0.15, 0.2) is 0 Å². The Kier molecular flexibility index (Phi) is 5.94. The zero-order valence-electron chi connectivity index (χ0n) is 16.7. The van der Waals surface area contributed by atoms with E-state index in [4.69, 9.17) is 4.74 Å². The van der Waals surface area contributed by atoms with Gasteiger partial charge in [-0.2, -0.15) is 0 Å². The minimum absolute atomic E-state index is 0.00552. The lowest BCUT2D eigenvalue weighted by atomic mass is 9.87. The molecule has 0 spiro atoms. The number of halogens is 1. The average molecular weight is 474 g/mol. The number of nitrogens with zero attached hydrogens (tertiary/aromatic N) is 2. The summed E-state index contributed by atoms with van der Waals surface area (Å²) < 4.78 is 6.89. The van der Waals surface area contributed by atoms with Gasteiger partial charge >= 0.3 is 0 Å². The van der Waals surface area contributed by atoms with Crippen LogP contribution in [0.5, 0.6) is 5.75 Å². The predicted molar refractivity (Wildman–Crippen MR) is 125 cm³/mol. The van der Waals surface area contributed by atoms with Crippen molar-refractivity contribution in [3.63, 3.8) is 0 Å². The van der Waals surface area contributed by atoms with Gasteiger partial charge in [0.1, 0.15) is 5.75 Å². The first-order valence-corrected chi connectivity index (χ1v) is 10.4. The molecule has 0 fully saturated rings. The molecule has 3 nitrogen and oxygen atoms in total. The van der Waals surface area contributed by atoms with Crippen molar-refractivity contribution in [3.05, 3.63) is 57.2 Å². The fourth-order valence-corrected chi connectivity index (χ4v) is 4.26. The van der Waals surface area contributed by atoms with Crippen LogP contribution in [0.2, 0.25) is 0 Å². The van der Waals surface area contributed by atoms with Crippen molar-refractivity contribution in [2.24, 2.45) is 4.99 Å². The van der Waals surface area contributed by atoms with Crippen LogP contribution in [-0.4, -0.2) is 25.4 Å². The van der Waals surface area contributed by atoms with Gasteiger partial charge in [-0.15, -0.1) is 0 Å². The standard InChI is InChI=1S/C23H27IN2O/c1-6-10-26-21-13-22(27-5)17(11-20(21)16(2)14-23(26,3)4)15-25-19-9-7-8-18(24)12-19/h7-9,11-15H,6,10H2,1-5H3. The van der Waals surface area contributed by atoms with Crippen molar-refractivity contribution in [2.45, 2.75) is 39.7 Å². The topological polar surface area (TPSA) is 24.8 Å². The molecule has 0 atom stereocenters. The average Bonchev–Trinajstić information content (AvgIpc) is 2.62. The highest BCUT2D eigenvalue weighted by Crippen LogP contribution is 2.42. The maximum atomic E-state index is 5.71. The summed E-state index contributed by atoms with van der Waals surface area (Å²) in [4.78, 5) is 7.13. The fraction of sp³-hybridized carbons (Fsp3) is 0.348. The molecule has 2 aromatic carbocycles. The lowest BCUT2D eigenvalue weighted by Crippen LogP contribution is -2.45. The first kappa shape index (κ1) is 19.9. The van der Waals surface area contributed by atoms with Gasteiger partial charge in [0.2, 0.25) is 0 Å². The molecule has 3 rings (SSSR count). The second-order valence-corrected chi connectivity index (χ2v) is 8.73. The smallest absolute Gasteiger partial charge is 0.129 e. The first-order valence-electron chi connectivity index (χ1n) is 9.35. The lowest BCUT2D eigenvalue weighted by molar-refractivity contribution is 0.413. The van der Waals surface area contributed by atoms with Crippen LogP contribution in [0.1, 0.15) is 45.2 Å². The largest absolute Gasteiger partial charge is 0.496 e. The molecule has 1 aliphatic heterocycles. The Morgan fingerprint density at radius 1 is 1.22 bits per heavy atom. The van der Waals surface area contributed by atoms with Crippen LogP contribution < -0.4 is 9.64 Å². The summed E-state index contributed by atoms with van der Waals surface area (Å²) in [5, 5.41) is 0. The maximum Gasteiger partial charge on any atom is 0.129 e. The van der Waals surface area contributed by atoms with Gasteiger partial charge in [-0.1, -0.05) is 19.1 Å². The summed E-state index contributed by atoms with van der Waals surface area (Å²) in [5.74, 6) is 0.856. The third-order valence-corrected chi connectivity index (χ3v) is 5.61. The fourth-order valence-electron chi connectivity index (χ4n) is 3.73. The van der Waals surface area contributed by atoms with E-state index in [0.29, 0.717) is 0 Å². The zero-order valence-corrected chi connectivity index (χ0v) is 18.9. The van der Waals surface area contributed by atoms with Gasteiger partial charge < -0.3 is 9.64 Å². The van der Waals surface area contributed by atoms with Crippen molar-refractivity contribution in [3.8, 4) is 5.75 Å². The minimum atomic E-state index is -0.00552.